The van der Waals surface area contributed by atoms with Gasteiger partial charge in [-0.05, 0) is 31.9 Å². The van der Waals surface area contributed by atoms with Crippen LogP contribution in [0.3, 0.4) is 0 Å². The molecule has 1 aromatic carbocycles. The summed E-state index contributed by atoms with van der Waals surface area (Å²) >= 11 is 0. The number of carbonyl (C=O) groups excluding carboxylic acids is 1. The lowest BCUT2D eigenvalue weighted by Crippen LogP contribution is -2.47. The molecule has 1 atom stereocenters. The van der Waals surface area contributed by atoms with E-state index in [1.807, 2.05) is 6.92 Å². The van der Waals surface area contributed by atoms with E-state index in [-0.39, 0.29) is 18.4 Å². The summed E-state index contributed by atoms with van der Waals surface area (Å²) in [6.07, 6.45) is 1.43. The van der Waals surface area contributed by atoms with Gasteiger partial charge in [-0.3, -0.25) is 9.69 Å². The van der Waals surface area contributed by atoms with E-state index in [2.05, 4.69) is 10.2 Å². The van der Waals surface area contributed by atoms with Gasteiger partial charge in [0.2, 0.25) is 15.9 Å². The maximum Gasteiger partial charge on any atom is 0.243 e. The predicted octanol–water partition coefficient (Wildman–Crippen LogP) is 0.844. The van der Waals surface area contributed by atoms with Gasteiger partial charge in [0.1, 0.15) is 0 Å². The fourth-order valence-electron chi connectivity index (χ4n) is 3.54. The molecule has 0 unspecified atom stereocenters. The van der Waals surface area contributed by atoms with E-state index in [1.165, 1.54) is 4.31 Å². The van der Waals surface area contributed by atoms with Gasteiger partial charge in [0, 0.05) is 39.3 Å². The molecule has 0 spiro atoms. The maximum atomic E-state index is 12.9. The molecule has 1 amide bonds. The fourth-order valence-corrected chi connectivity index (χ4v) is 5.06. The van der Waals surface area contributed by atoms with E-state index in [4.69, 9.17) is 4.74 Å². The van der Waals surface area contributed by atoms with Gasteiger partial charge >= 0.3 is 0 Å². The first-order chi connectivity index (χ1) is 13.0. The van der Waals surface area contributed by atoms with Crippen LogP contribution in [0.25, 0.3) is 0 Å². The van der Waals surface area contributed by atoms with Crippen molar-refractivity contribution in [1.29, 1.82) is 0 Å². The zero-order valence-electron chi connectivity index (χ0n) is 15.9. The summed E-state index contributed by atoms with van der Waals surface area (Å²) in [6.45, 7) is 7.28. The van der Waals surface area contributed by atoms with Crippen molar-refractivity contribution >= 4 is 15.9 Å². The average Bonchev–Trinajstić information content (AvgIpc) is 2.69. The number of nitrogens with zero attached hydrogens (tertiary/aromatic N) is 2. The second-order valence-corrected chi connectivity index (χ2v) is 9.20. The number of hydrogen-bond donors (Lipinski definition) is 1. The minimum absolute atomic E-state index is 0.0490. The molecule has 27 heavy (non-hydrogen) atoms. The van der Waals surface area contributed by atoms with Gasteiger partial charge in [-0.25, -0.2) is 8.42 Å². The molecule has 0 bridgehead atoms. The number of piperidine rings is 1. The van der Waals surface area contributed by atoms with Crippen molar-refractivity contribution in [3.05, 3.63) is 29.8 Å². The number of hydrogen-bond acceptors (Lipinski definition) is 5. The monoisotopic (exact) mass is 395 g/mol. The van der Waals surface area contributed by atoms with Crippen LogP contribution in [0.2, 0.25) is 0 Å². The summed E-state index contributed by atoms with van der Waals surface area (Å²) in [6, 6.07) is 6.87. The normalized spacial score (nSPS) is 22.5. The Morgan fingerprint density at radius 2 is 1.89 bits per heavy atom. The number of benzene rings is 1. The maximum absolute atomic E-state index is 12.9. The van der Waals surface area contributed by atoms with Crippen LogP contribution in [0.15, 0.2) is 29.2 Å². The van der Waals surface area contributed by atoms with E-state index in [0.717, 1.165) is 44.8 Å². The first-order valence-electron chi connectivity index (χ1n) is 9.61. The summed E-state index contributed by atoms with van der Waals surface area (Å²) in [7, 11) is -3.55. The standard InChI is InChI=1S/C19H29N3O4S/c1-16-4-6-18(7-5-16)27(24,25)22-9-2-3-17(15-22)19(23)20-8-10-21-11-13-26-14-12-21/h4-7,17H,2-3,8-15H2,1H3,(H,20,23)/t17-/m0/s1. The van der Waals surface area contributed by atoms with Crippen LogP contribution < -0.4 is 5.32 Å². The third-order valence-electron chi connectivity index (χ3n) is 5.24. The summed E-state index contributed by atoms with van der Waals surface area (Å²) < 4.78 is 32.5. The zero-order chi connectivity index (χ0) is 19.3. The quantitative estimate of drug-likeness (QED) is 0.772. The minimum Gasteiger partial charge on any atom is -0.379 e. The van der Waals surface area contributed by atoms with E-state index >= 15 is 0 Å². The molecule has 0 aromatic heterocycles. The topological polar surface area (TPSA) is 79.0 Å². The molecular weight excluding hydrogens is 366 g/mol. The second-order valence-electron chi connectivity index (χ2n) is 7.26. The molecule has 150 valence electrons. The average molecular weight is 396 g/mol. The number of sulfonamides is 1. The number of ether oxygens (including phenoxy) is 1. The fraction of sp³-hybridized carbons (Fsp3) is 0.632. The molecule has 2 fully saturated rings. The Kier molecular flexibility index (Phi) is 6.86. The molecule has 1 N–H and O–H groups in total. The lowest BCUT2D eigenvalue weighted by Gasteiger charge is -2.31. The van der Waals surface area contributed by atoms with Crippen molar-refractivity contribution in [3.8, 4) is 0 Å². The van der Waals surface area contributed by atoms with Crippen molar-refractivity contribution in [2.45, 2.75) is 24.7 Å². The third kappa shape index (κ3) is 5.28. The SMILES string of the molecule is Cc1ccc(S(=O)(=O)N2CCC[C@H](C(=O)NCCN3CCOCC3)C2)cc1. The minimum atomic E-state index is -3.55. The van der Waals surface area contributed by atoms with Crippen molar-refractivity contribution < 1.29 is 17.9 Å². The van der Waals surface area contributed by atoms with Gasteiger partial charge in [-0.2, -0.15) is 4.31 Å². The molecule has 2 saturated heterocycles. The smallest absolute Gasteiger partial charge is 0.243 e. The molecule has 1 aromatic rings. The van der Waals surface area contributed by atoms with Crippen molar-refractivity contribution in [1.82, 2.24) is 14.5 Å². The number of carbonyl (C=O) groups is 1. The Balaban J connectivity index is 1.53. The zero-order valence-corrected chi connectivity index (χ0v) is 16.7. The Morgan fingerprint density at radius 1 is 1.19 bits per heavy atom. The van der Waals surface area contributed by atoms with Crippen LogP contribution in [-0.4, -0.2) is 76.0 Å². The molecule has 2 heterocycles. The van der Waals surface area contributed by atoms with Crippen molar-refractivity contribution in [2.24, 2.45) is 5.92 Å². The molecule has 3 rings (SSSR count). The number of aryl methyl sites for hydroxylation is 1. The summed E-state index contributed by atoms with van der Waals surface area (Å²) in [5, 5.41) is 2.98. The molecule has 2 aliphatic heterocycles. The van der Waals surface area contributed by atoms with Crippen LogP contribution in [0.1, 0.15) is 18.4 Å². The van der Waals surface area contributed by atoms with Crippen LogP contribution in [0.4, 0.5) is 0 Å². The lowest BCUT2D eigenvalue weighted by molar-refractivity contribution is -0.126. The van der Waals surface area contributed by atoms with Gasteiger partial charge in [-0.1, -0.05) is 17.7 Å². The van der Waals surface area contributed by atoms with Crippen LogP contribution in [0, 0.1) is 12.8 Å². The highest BCUT2D eigenvalue weighted by atomic mass is 32.2. The highest BCUT2D eigenvalue weighted by Gasteiger charge is 2.33. The van der Waals surface area contributed by atoms with E-state index < -0.39 is 10.0 Å². The van der Waals surface area contributed by atoms with Gasteiger partial charge in [0.05, 0.1) is 24.0 Å². The van der Waals surface area contributed by atoms with E-state index in [0.29, 0.717) is 24.4 Å². The lowest BCUT2D eigenvalue weighted by atomic mass is 9.99. The molecule has 0 saturated carbocycles. The molecule has 8 heteroatoms. The number of morpholine rings is 1. The molecule has 0 radical (unpaired) electrons. The van der Waals surface area contributed by atoms with Gasteiger partial charge in [-0.15, -0.1) is 0 Å². The van der Waals surface area contributed by atoms with Gasteiger partial charge < -0.3 is 10.1 Å². The summed E-state index contributed by atoms with van der Waals surface area (Å²) in [4.78, 5) is 15.1. The largest absolute Gasteiger partial charge is 0.379 e. The van der Waals surface area contributed by atoms with E-state index in [9.17, 15) is 13.2 Å². The Hall–Kier alpha value is -1.48. The van der Waals surface area contributed by atoms with Gasteiger partial charge in [0.15, 0.2) is 0 Å². The highest BCUT2D eigenvalue weighted by Crippen LogP contribution is 2.24. The molecule has 0 aliphatic carbocycles. The van der Waals surface area contributed by atoms with Gasteiger partial charge in [0.25, 0.3) is 0 Å². The molecular formula is C19H29N3O4S. The summed E-state index contributed by atoms with van der Waals surface area (Å²) in [5.74, 6) is -0.337. The van der Waals surface area contributed by atoms with Crippen molar-refractivity contribution in [2.75, 3.05) is 52.5 Å². The first kappa shape index (κ1) is 20.3. The number of amides is 1. The van der Waals surface area contributed by atoms with Crippen LogP contribution in [0.5, 0.6) is 0 Å². The number of rotatable bonds is 6. The predicted molar refractivity (Wildman–Crippen MR) is 103 cm³/mol. The Bertz CT molecular complexity index is 730. The van der Waals surface area contributed by atoms with Crippen LogP contribution >= 0.6 is 0 Å². The molecule has 2 aliphatic rings. The highest BCUT2D eigenvalue weighted by molar-refractivity contribution is 7.89. The Morgan fingerprint density at radius 3 is 2.59 bits per heavy atom. The summed E-state index contributed by atoms with van der Waals surface area (Å²) in [5.41, 5.74) is 1.02. The number of nitrogens with one attached hydrogen (secondary N) is 1. The first-order valence-corrected chi connectivity index (χ1v) is 11.1. The van der Waals surface area contributed by atoms with Crippen molar-refractivity contribution in [3.63, 3.8) is 0 Å². The molecule has 7 nitrogen and oxygen atoms in total. The van der Waals surface area contributed by atoms with E-state index in [1.54, 1.807) is 24.3 Å². The third-order valence-corrected chi connectivity index (χ3v) is 7.12. The second kappa shape index (κ2) is 9.14. The Labute approximate surface area is 161 Å². The van der Waals surface area contributed by atoms with Crippen LogP contribution in [-0.2, 0) is 19.6 Å².